The standard InChI is InChI=1S/C20H19ClFN5O3/c1-11-4-5-14(9-16(11)22)24-20(29)19-12(2)27(26-25-19)10-18(28)23-13-6-7-17(30-3)15(21)8-13/h4-9H,10H2,1-3H3,(H,23,28)(H,24,29). The van der Waals surface area contributed by atoms with Gasteiger partial charge in [-0.05, 0) is 49.7 Å². The third-order valence-corrected chi connectivity index (χ3v) is 4.65. The van der Waals surface area contributed by atoms with Gasteiger partial charge in [0.2, 0.25) is 5.91 Å². The number of ether oxygens (including phenoxy) is 1. The van der Waals surface area contributed by atoms with E-state index in [-0.39, 0.29) is 18.1 Å². The Labute approximate surface area is 177 Å². The first-order chi connectivity index (χ1) is 14.3. The Morgan fingerprint density at radius 3 is 2.50 bits per heavy atom. The summed E-state index contributed by atoms with van der Waals surface area (Å²) in [5, 5.41) is 13.3. The number of hydrogen-bond donors (Lipinski definition) is 2. The number of aromatic nitrogens is 3. The van der Waals surface area contributed by atoms with Gasteiger partial charge in [-0.2, -0.15) is 0 Å². The average molecular weight is 432 g/mol. The molecule has 0 radical (unpaired) electrons. The summed E-state index contributed by atoms with van der Waals surface area (Å²) in [6, 6.07) is 9.21. The van der Waals surface area contributed by atoms with Crippen LogP contribution in [0.2, 0.25) is 5.02 Å². The van der Waals surface area contributed by atoms with Crippen molar-refractivity contribution in [2.45, 2.75) is 20.4 Å². The van der Waals surface area contributed by atoms with E-state index in [1.807, 2.05) is 0 Å². The van der Waals surface area contributed by atoms with E-state index in [0.29, 0.717) is 33.4 Å². The van der Waals surface area contributed by atoms with Crippen LogP contribution in [0.5, 0.6) is 5.75 Å². The molecular formula is C20H19ClFN5O3. The molecular weight excluding hydrogens is 413 g/mol. The van der Waals surface area contributed by atoms with Crippen molar-refractivity contribution in [2.24, 2.45) is 0 Å². The SMILES string of the molecule is COc1ccc(NC(=O)Cn2nnc(C(=O)Nc3ccc(C)c(F)c3)c2C)cc1Cl. The van der Waals surface area contributed by atoms with Gasteiger partial charge in [-0.15, -0.1) is 5.10 Å². The van der Waals surface area contributed by atoms with Crippen LogP contribution in [0.15, 0.2) is 36.4 Å². The number of amides is 2. The minimum Gasteiger partial charge on any atom is -0.495 e. The lowest BCUT2D eigenvalue weighted by Gasteiger charge is -2.09. The van der Waals surface area contributed by atoms with Crippen LogP contribution in [0.25, 0.3) is 0 Å². The Bertz CT molecular complexity index is 1120. The van der Waals surface area contributed by atoms with Crippen molar-refractivity contribution in [3.8, 4) is 5.75 Å². The largest absolute Gasteiger partial charge is 0.495 e. The fourth-order valence-corrected chi connectivity index (χ4v) is 2.92. The van der Waals surface area contributed by atoms with Crippen LogP contribution in [-0.4, -0.2) is 33.9 Å². The van der Waals surface area contributed by atoms with Gasteiger partial charge >= 0.3 is 0 Å². The summed E-state index contributed by atoms with van der Waals surface area (Å²) in [6.45, 7) is 3.08. The fraction of sp³-hybridized carbons (Fsp3) is 0.200. The molecule has 3 rings (SSSR count). The number of benzene rings is 2. The van der Waals surface area contributed by atoms with Crippen LogP contribution in [0.4, 0.5) is 15.8 Å². The molecule has 1 aromatic heterocycles. The van der Waals surface area contributed by atoms with Gasteiger partial charge < -0.3 is 15.4 Å². The molecule has 10 heteroatoms. The lowest BCUT2D eigenvalue weighted by Crippen LogP contribution is -2.21. The van der Waals surface area contributed by atoms with Crippen LogP contribution in [0.1, 0.15) is 21.7 Å². The molecule has 0 atom stereocenters. The molecule has 0 saturated heterocycles. The van der Waals surface area contributed by atoms with Crippen molar-refractivity contribution >= 4 is 34.8 Å². The normalized spacial score (nSPS) is 10.6. The van der Waals surface area contributed by atoms with Crippen LogP contribution >= 0.6 is 11.6 Å². The summed E-state index contributed by atoms with van der Waals surface area (Å²) in [7, 11) is 1.50. The number of aryl methyl sites for hydroxylation is 1. The molecule has 0 aliphatic rings. The van der Waals surface area contributed by atoms with Gasteiger partial charge in [-0.3, -0.25) is 9.59 Å². The molecule has 156 valence electrons. The number of carbonyl (C=O) groups excluding carboxylic acids is 2. The highest BCUT2D eigenvalue weighted by Crippen LogP contribution is 2.27. The summed E-state index contributed by atoms with van der Waals surface area (Å²) in [6.07, 6.45) is 0. The second kappa shape index (κ2) is 8.91. The van der Waals surface area contributed by atoms with Crippen LogP contribution in [0, 0.1) is 19.7 Å². The number of rotatable bonds is 6. The maximum Gasteiger partial charge on any atom is 0.278 e. The molecule has 8 nitrogen and oxygen atoms in total. The highest BCUT2D eigenvalue weighted by atomic mass is 35.5. The third kappa shape index (κ3) is 4.74. The van der Waals surface area contributed by atoms with E-state index < -0.39 is 11.7 Å². The molecule has 0 saturated carbocycles. The fourth-order valence-electron chi connectivity index (χ4n) is 2.66. The molecule has 0 aliphatic carbocycles. The smallest absolute Gasteiger partial charge is 0.278 e. The summed E-state index contributed by atoms with van der Waals surface area (Å²) < 4.78 is 20.0. The number of methoxy groups -OCH3 is 1. The molecule has 1 heterocycles. The molecule has 0 bridgehead atoms. The van der Waals surface area contributed by atoms with E-state index in [9.17, 15) is 14.0 Å². The lowest BCUT2D eigenvalue weighted by atomic mass is 10.2. The molecule has 0 aliphatic heterocycles. The Kier molecular flexibility index (Phi) is 6.31. The van der Waals surface area contributed by atoms with E-state index in [1.54, 1.807) is 44.2 Å². The molecule has 3 aromatic rings. The molecule has 2 aromatic carbocycles. The molecule has 2 amide bonds. The first-order valence-electron chi connectivity index (χ1n) is 8.89. The predicted molar refractivity (Wildman–Crippen MR) is 110 cm³/mol. The van der Waals surface area contributed by atoms with Gasteiger partial charge in [0, 0.05) is 11.4 Å². The first kappa shape index (κ1) is 21.3. The molecule has 30 heavy (non-hydrogen) atoms. The molecule has 0 spiro atoms. The van der Waals surface area contributed by atoms with Crippen molar-refractivity contribution in [3.05, 3.63) is 64.2 Å². The second-order valence-corrected chi connectivity index (χ2v) is 6.90. The maximum atomic E-state index is 13.7. The number of anilines is 2. The summed E-state index contributed by atoms with van der Waals surface area (Å²) in [5.74, 6) is -0.865. The van der Waals surface area contributed by atoms with E-state index in [0.717, 1.165) is 0 Å². The number of nitrogens with zero attached hydrogens (tertiary/aromatic N) is 3. The number of carbonyl (C=O) groups is 2. The minimum absolute atomic E-state index is 0.0382. The van der Waals surface area contributed by atoms with E-state index in [4.69, 9.17) is 16.3 Å². The van der Waals surface area contributed by atoms with Crippen molar-refractivity contribution in [2.75, 3.05) is 17.7 Å². The van der Waals surface area contributed by atoms with Crippen molar-refractivity contribution < 1.29 is 18.7 Å². The maximum absolute atomic E-state index is 13.7. The average Bonchev–Trinajstić information content (AvgIpc) is 3.05. The van der Waals surface area contributed by atoms with Crippen molar-refractivity contribution in [1.29, 1.82) is 0 Å². The molecule has 2 N–H and O–H groups in total. The number of hydrogen-bond acceptors (Lipinski definition) is 5. The predicted octanol–water partition coefficient (Wildman–Crippen LogP) is 3.59. The monoisotopic (exact) mass is 431 g/mol. The zero-order valence-corrected chi connectivity index (χ0v) is 17.2. The quantitative estimate of drug-likeness (QED) is 0.621. The number of halogens is 2. The van der Waals surface area contributed by atoms with Crippen molar-refractivity contribution in [1.82, 2.24) is 15.0 Å². The van der Waals surface area contributed by atoms with Gasteiger partial charge in [0.05, 0.1) is 17.8 Å². The van der Waals surface area contributed by atoms with E-state index in [2.05, 4.69) is 20.9 Å². The minimum atomic E-state index is -0.552. The molecule has 0 unspecified atom stereocenters. The number of nitrogens with one attached hydrogen (secondary N) is 2. The topological polar surface area (TPSA) is 98.1 Å². The Balaban J connectivity index is 1.67. The Morgan fingerprint density at radius 2 is 1.83 bits per heavy atom. The summed E-state index contributed by atoms with van der Waals surface area (Å²) in [5.41, 5.74) is 1.69. The third-order valence-electron chi connectivity index (χ3n) is 4.36. The van der Waals surface area contributed by atoms with Crippen molar-refractivity contribution in [3.63, 3.8) is 0 Å². The highest BCUT2D eigenvalue weighted by molar-refractivity contribution is 6.32. The zero-order valence-electron chi connectivity index (χ0n) is 16.5. The van der Waals surface area contributed by atoms with Crippen LogP contribution in [0.3, 0.4) is 0 Å². The summed E-state index contributed by atoms with van der Waals surface area (Å²) >= 11 is 6.05. The van der Waals surface area contributed by atoms with E-state index >= 15 is 0 Å². The van der Waals surface area contributed by atoms with Crippen LogP contribution < -0.4 is 15.4 Å². The van der Waals surface area contributed by atoms with Gasteiger partial charge in [0.25, 0.3) is 5.91 Å². The highest BCUT2D eigenvalue weighted by Gasteiger charge is 2.18. The second-order valence-electron chi connectivity index (χ2n) is 6.50. The van der Waals surface area contributed by atoms with Crippen LogP contribution in [-0.2, 0) is 11.3 Å². The summed E-state index contributed by atoms with van der Waals surface area (Å²) in [4.78, 5) is 24.8. The molecule has 0 fully saturated rings. The van der Waals surface area contributed by atoms with Gasteiger partial charge in [-0.1, -0.05) is 22.9 Å². The van der Waals surface area contributed by atoms with Gasteiger partial charge in [-0.25, -0.2) is 9.07 Å². The van der Waals surface area contributed by atoms with Gasteiger partial charge in [0.1, 0.15) is 18.1 Å². The van der Waals surface area contributed by atoms with E-state index in [1.165, 1.54) is 17.9 Å². The van der Waals surface area contributed by atoms with Gasteiger partial charge in [0.15, 0.2) is 5.69 Å². The first-order valence-corrected chi connectivity index (χ1v) is 9.27. The Hall–Kier alpha value is -3.46. The Morgan fingerprint density at radius 1 is 1.13 bits per heavy atom. The zero-order chi connectivity index (χ0) is 21.8. The lowest BCUT2D eigenvalue weighted by molar-refractivity contribution is -0.117.